The van der Waals surface area contributed by atoms with E-state index in [1.807, 2.05) is 36.5 Å². The molecule has 1 fully saturated rings. The molecule has 160 valence electrons. The highest BCUT2D eigenvalue weighted by Gasteiger charge is 2.18. The van der Waals surface area contributed by atoms with Gasteiger partial charge in [0.15, 0.2) is 5.96 Å². The number of ether oxygens (including phenoxy) is 1. The number of aliphatic imine (C=N–C) groups is 1. The quantitative estimate of drug-likeness (QED) is 0.305. The van der Waals surface area contributed by atoms with Crippen LogP contribution < -0.4 is 15.4 Å². The first-order chi connectivity index (χ1) is 14.2. The number of nitrogens with one attached hydrogen (secondary N) is 1. The van der Waals surface area contributed by atoms with Crippen molar-refractivity contribution in [1.82, 2.24) is 9.88 Å². The van der Waals surface area contributed by atoms with Gasteiger partial charge < -0.3 is 25.3 Å². The van der Waals surface area contributed by atoms with E-state index in [2.05, 4.69) is 19.8 Å². The van der Waals surface area contributed by atoms with E-state index >= 15 is 0 Å². The average Bonchev–Trinajstić information content (AvgIpc) is 3.17. The Labute approximate surface area is 192 Å². The summed E-state index contributed by atoms with van der Waals surface area (Å²) >= 11 is 0. The second kappa shape index (κ2) is 10.0. The summed E-state index contributed by atoms with van der Waals surface area (Å²) in [5, 5.41) is 1.11. The lowest BCUT2D eigenvalue weighted by atomic mass is 10.1. The molecule has 3 N–H and O–H groups in total. The number of benzene rings is 2. The van der Waals surface area contributed by atoms with Crippen LogP contribution in [-0.2, 0) is 6.42 Å². The number of rotatable bonds is 5. The summed E-state index contributed by atoms with van der Waals surface area (Å²) in [6.45, 7) is 3.89. The lowest BCUT2D eigenvalue weighted by Crippen LogP contribution is -2.51. The van der Waals surface area contributed by atoms with Crippen LogP contribution in [0.3, 0.4) is 0 Å². The van der Waals surface area contributed by atoms with E-state index in [1.165, 1.54) is 17.7 Å². The predicted molar refractivity (Wildman–Crippen MR) is 131 cm³/mol. The van der Waals surface area contributed by atoms with Gasteiger partial charge in [-0.15, -0.1) is 24.0 Å². The third-order valence-corrected chi connectivity index (χ3v) is 5.42. The Kier molecular flexibility index (Phi) is 7.41. The molecule has 4 rings (SSSR count). The summed E-state index contributed by atoms with van der Waals surface area (Å²) in [6.07, 6.45) is 2.80. The van der Waals surface area contributed by atoms with Crippen LogP contribution in [0.25, 0.3) is 10.9 Å². The van der Waals surface area contributed by atoms with Gasteiger partial charge in [-0.25, -0.2) is 4.39 Å². The van der Waals surface area contributed by atoms with E-state index in [0.29, 0.717) is 12.5 Å². The molecule has 3 aromatic rings. The van der Waals surface area contributed by atoms with Crippen LogP contribution in [0.4, 0.5) is 10.1 Å². The van der Waals surface area contributed by atoms with Crippen LogP contribution in [0.5, 0.6) is 5.75 Å². The summed E-state index contributed by atoms with van der Waals surface area (Å²) in [5.41, 5.74) is 9.51. The number of piperazine rings is 1. The first-order valence-corrected chi connectivity index (χ1v) is 9.84. The molecule has 0 aliphatic carbocycles. The Bertz CT molecular complexity index is 996. The van der Waals surface area contributed by atoms with Gasteiger partial charge >= 0.3 is 0 Å². The van der Waals surface area contributed by atoms with Crippen LogP contribution in [-0.4, -0.2) is 55.7 Å². The number of methoxy groups -OCH3 is 1. The Hall–Kier alpha value is -2.49. The molecule has 2 aromatic carbocycles. The number of guanidine groups is 1. The second-order valence-electron chi connectivity index (χ2n) is 7.14. The molecule has 0 spiro atoms. The van der Waals surface area contributed by atoms with Gasteiger partial charge in [0.2, 0.25) is 0 Å². The van der Waals surface area contributed by atoms with Gasteiger partial charge in [0.25, 0.3) is 0 Å². The van der Waals surface area contributed by atoms with Gasteiger partial charge in [-0.2, -0.15) is 0 Å². The predicted octanol–water partition coefficient (Wildman–Crippen LogP) is 3.61. The number of aromatic nitrogens is 1. The van der Waals surface area contributed by atoms with Crippen LogP contribution in [0, 0.1) is 5.82 Å². The van der Waals surface area contributed by atoms with Gasteiger partial charge in [0.1, 0.15) is 11.6 Å². The Morgan fingerprint density at radius 3 is 2.57 bits per heavy atom. The number of hydrogen-bond acceptors (Lipinski definition) is 3. The molecule has 2 heterocycles. The van der Waals surface area contributed by atoms with Gasteiger partial charge in [0, 0.05) is 55.5 Å². The zero-order valence-corrected chi connectivity index (χ0v) is 19.3. The number of nitrogens with zero attached hydrogens (tertiary/aromatic N) is 3. The zero-order valence-electron chi connectivity index (χ0n) is 17.0. The molecule has 0 amide bonds. The summed E-state index contributed by atoms with van der Waals surface area (Å²) < 4.78 is 18.6. The van der Waals surface area contributed by atoms with Gasteiger partial charge in [-0.1, -0.05) is 6.07 Å². The van der Waals surface area contributed by atoms with Crippen molar-refractivity contribution in [3.05, 3.63) is 60.0 Å². The Morgan fingerprint density at radius 2 is 1.87 bits per heavy atom. The van der Waals surface area contributed by atoms with Crippen molar-refractivity contribution in [2.75, 3.05) is 44.7 Å². The highest BCUT2D eigenvalue weighted by Crippen LogP contribution is 2.28. The Morgan fingerprint density at radius 1 is 1.13 bits per heavy atom. The minimum absolute atomic E-state index is 0. The van der Waals surface area contributed by atoms with Crippen molar-refractivity contribution >= 4 is 46.5 Å². The summed E-state index contributed by atoms with van der Waals surface area (Å²) in [5.74, 6) is 1.24. The number of halogens is 2. The van der Waals surface area contributed by atoms with Crippen molar-refractivity contribution in [3.8, 4) is 5.75 Å². The van der Waals surface area contributed by atoms with Crippen LogP contribution >= 0.6 is 24.0 Å². The molecule has 0 atom stereocenters. The zero-order chi connectivity index (χ0) is 20.2. The van der Waals surface area contributed by atoms with E-state index in [4.69, 9.17) is 10.5 Å². The third kappa shape index (κ3) is 4.80. The molecule has 8 heteroatoms. The fraction of sp³-hybridized carbons (Fsp3) is 0.318. The smallest absolute Gasteiger partial charge is 0.191 e. The molecule has 1 aliphatic rings. The van der Waals surface area contributed by atoms with E-state index in [-0.39, 0.29) is 29.8 Å². The maximum Gasteiger partial charge on any atom is 0.191 e. The number of anilines is 1. The molecule has 1 aromatic heterocycles. The molecule has 6 nitrogen and oxygen atoms in total. The molecule has 0 unspecified atom stereocenters. The van der Waals surface area contributed by atoms with Gasteiger partial charge in [0.05, 0.1) is 7.11 Å². The third-order valence-electron chi connectivity index (χ3n) is 5.42. The van der Waals surface area contributed by atoms with E-state index in [1.54, 1.807) is 7.11 Å². The van der Waals surface area contributed by atoms with Gasteiger partial charge in [-0.05, 0) is 48.4 Å². The van der Waals surface area contributed by atoms with Crippen LogP contribution in [0.15, 0.2) is 53.7 Å². The largest absolute Gasteiger partial charge is 0.496 e. The molecular weight excluding hydrogens is 496 g/mol. The fourth-order valence-corrected chi connectivity index (χ4v) is 3.82. The number of H-pyrrole nitrogens is 1. The highest BCUT2D eigenvalue weighted by atomic mass is 127. The SMILES string of the molecule is COc1cccc2[nH]cc(CCN=C(N)N3CCN(c4ccc(F)cc4)CC3)c12.I. The van der Waals surface area contributed by atoms with Crippen LogP contribution in [0.2, 0.25) is 0 Å². The first-order valence-electron chi connectivity index (χ1n) is 9.84. The molecule has 1 aliphatic heterocycles. The van der Waals surface area contributed by atoms with Crippen molar-refractivity contribution in [2.45, 2.75) is 6.42 Å². The minimum Gasteiger partial charge on any atom is -0.496 e. The molecule has 1 saturated heterocycles. The van der Waals surface area contributed by atoms with E-state index < -0.39 is 0 Å². The number of hydrogen-bond donors (Lipinski definition) is 2. The molecule has 0 saturated carbocycles. The lowest BCUT2D eigenvalue weighted by molar-refractivity contribution is 0.381. The maximum atomic E-state index is 13.1. The Balaban J connectivity index is 0.00000256. The van der Waals surface area contributed by atoms with Crippen molar-refractivity contribution in [3.63, 3.8) is 0 Å². The molecule has 0 radical (unpaired) electrons. The standard InChI is InChI=1S/C22H26FN5O.HI/c1-29-20-4-2-3-19-21(20)16(15-26-19)9-10-25-22(24)28-13-11-27(12-14-28)18-7-5-17(23)6-8-18;/h2-8,15,26H,9-14H2,1H3,(H2,24,25);1H. The number of nitrogens with two attached hydrogens (primary N) is 1. The highest BCUT2D eigenvalue weighted by molar-refractivity contribution is 14.0. The molecule has 0 bridgehead atoms. The second-order valence-corrected chi connectivity index (χ2v) is 7.14. The number of aromatic amines is 1. The lowest BCUT2D eigenvalue weighted by Gasteiger charge is -2.36. The minimum atomic E-state index is -0.211. The molecular formula is C22H27FIN5O. The summed E-state index contributed by atoms with van der Waals surface area (Å²) in [4.78, 5) is 12.2. The maximum absolute atomic E-state index is 13.1. The van der Waals surface area contributed by atoms with Crippen molar-refractivity contribution < 1.29 is 9.13 Å². The van der Waals surface area contributed by atoms with Crippen molar-refractivity contribution in [2.24, 2.45) is 10.7 Å². The van der Waals surface area contributed by atoms with E-state index in [0.717, 1.165) is 54.9 Å². The monoisotopic (exact) mass is 523 g/mol. The molecule has 30 heavy (non-hydrogen) atoms. The summed E-state index contributed by atoms with van der Waals surface area (Å²) in [7, 11) is 1.69. The average molecular weight is 523 g/mol. The van der Waals surface area contributed by atoms with Crippen LogP contribution in [0.1, 0.15) is 5.56 Å². The van der Waals surface area contributed by atoms with Gasteiger partial charge in [-0.3, -0.25) is 4.99 Å². The normalized spacial score (nSPS) is 14.7. The fourth-order valence-electron chi connectivity index (χ4n) is 3.82. The summed E-state index contributed by atoms with van der Waals surface area (Å²) in [6, 6.07) is 12.6. The topological polar surface area (TPSA) is 69.9 Å². The van der Waals surface area contributed by atoms with E-state index in [9.17, 15) is 4.39 Å². The van der Waals surface area contributed by atoms with Crippen molar-refractivity contribution in [1.29, 1.82) is 0 Å². The first kappa shape index (κ1) is 22.2. The number of fused-ring (bicyclic) bond motifs is 1.